The van der Waals surface area contributed by atoms with Crippen LogP contribution in [-0.2, 0) is 0 Å². The van der Waals surface area contributed by atoms with E-state index in [4.69, 9.17) is 0 Å². The Hall–Kier alpha value is -5.39. The standard InChI is InChI=1S/C37H20N2/c38-21-26-14-18-32-37-30(26)16-13-25-19-27(20-33(36(25)37)39(32)28-7-2-1-3-8-28)29-15-11-24-10-9-22-5-4-6-23-12-17-31(29)35(24)34(22)23/h1-20H. The molecular formula is C37H20N2. The first kappa shape index (κ1) is 20.6. The van der Waals surface area contributed by atoms with Crippen molar-refractivity contribution in [3.8, 4) is 22.9 Å². The predicted molar refractivity (Wildman–Crippen MR) is 163 cm³/mol. The lowest BCUT2D eigenvalue weighted by molar-refractivity contribution is 1.18. The summed E-state index contributed by atoms with van der Waals surface area (Å²) in [4.78, 5) is 0. The summed E-state index contributed by atoms with van der Waals surface area (Å²) >= 11 is 0. The number of hydrogen-bond acceptors (Lipinski definition) is 1. The van der Waals surface area contributed by atoms with Crippen LogP contribution < -0.4 is 0 Å². The largest absolute Gasteiger partial charge is 0.309 e. The lowest BCUT2D eigenvalue weighted by Crippen LogP contribution is -1.93. The van der Waals surface area contributed by atoms with Gasteiger partial charge in [0.2, 0.25) is 0 Å². The van der Waals surface area contributed by atoms with Crippen molar-refractivity contribution in [3.63, 3.8) is 0 Å². The molecule has 178 valence electrons. The van der Waals surface area contributed by atoms with Gasteiger partial charge in [0.05, 0.1) is 22.7 Å². The van der Waals surface area contributed by atoms with E-state index in [0.29, 0.717) is 5.56 Å². The summed E-state index contributed by atoms with van der Waals surface area (Å²) < 4.78 is 2.35. The van der Waals surface area contributed by atoms with E-state index in [2.05, 4.69) is 126 Å². The topological polar surface area (TPSA) is 28.7 Å². The maximum absolute atomic E-state index is 9.85. The molecule has 39 heavy (non-hydrogen) atoms. The summed E-state index contributed by atoms with van der Waals surface area (Å²) in [6, 6.07) is 46.1. The SMILES string of the molecule is N#Cc1ccc2c3c1ccc1cc(-c4ccc5ccc6cccc7ccc4c5c67)cc(c13)n2-c1ccccc1. The number of benzene rings is 8. The van der Waals surface area contributed by atoms with Gasteiger partial charge in [-0.2, -0.15) is 5.26 Å². The molecule has 0 N–H and O–H groups in total. The molecule has 2 heteroatoms. The summed E-state index contributed by atoms with van der Waals surface area (Å²) in [5.74, 6) is 0. The molecule has 0 saturated carbocycles. The average Bonchev–Trinajstić information content (AvgIpc) is 3.34. The Bertz CT molecular complexity index is 2420. The molecule has 9 rings (SSSR count). The van der Waals surface area contributed by atoms with Crippen molar-refractivity contribution in [1.82, 2.24) is 4.57 Å². The quantitative estimate of drug-likeness (QED) is 0.221. The van der Waals surface area contributed by atoms with E-state index in [1.54, 1.807) is 0 Å². The third-order valence-corrected chi connectivity index (χ3v) is 8.51. The molecule has 0 bridgehead atoms. The molecule has 0 aliphatic heterocycles. The van der Waals surface area contributed by atoms with Crippen molar-refractivity contribution in [2.24, 2.45) is 0 Å². The molecule has 1 aromatic heterocycles. The second-order valence-corrected chi connectivity index (χ2v) is 10.5. The van der Waals surface area contributed by atoms with E-state index in [0.717, 1.165) is 27.5 Å². The predicted octanol–water partition coefficient (Wildman–Crippen LogP) is 9.81. The Morgan fingerprint density at radius 1 is 0.487 bits per heavy atom. The van der Waals surface area contributed by atoms with Gasteiger partial charge in [-0.25, -0.2) is 0 Å². The van der Waals surface area contributed by atoms with E-state index in [-0.39, 0.29) is 0 Å². The van der Waals surface area contributed by atoms with Gasteiger partial charge in [0.1, 0.15) is 0 Å². The fourth-order valence-electron chi connectivity index (χ4n) is 6.86. The van der Waals surface area contributed by atoms with Gasteiger partial charge in [-0.3, -0.25) is 0 Å². The fourth-order valence-corrected chi connectivity index (χ4v) is 6.86. The highest BCUT2D eigenvalue weighted by Crippen LogP contribution is 2.44. The Kier molecular flexibility index (Phi) is 3.89. The second kappa shape index (κ2) is 7.34. The minimum atomic E-state index is 0.715. The van der Waals surface area contributed by atoms with E-state index in [1.807, 2.05) is 6.07 Å². The van der Waals surface area contributed by atoms with Crippen LogP contribution in [0.1, 0.15) is 5.56 Å². The van der Waals surface area contributed by atoms with E-state index in [1.165, 1.54) is 54.2 Å². The highest BCUT2D eigenvalue weighted by Gasteiger charge is 2.20. The highest BCUT2D eigenvalue weighted by molar-refractivity contribution is 6.28. The smallest absolute Gasteiger partial charge is 0.0998 e. The first-order valence-corrected chi connectivity index (χ1v) is 13.3. The molecular weight excluding hydrogens is 472 g/mol. The number of hydrogen-bond donors (Lipinski definition) is 0. The fraction of sp³-hybridized carbons (Fsp3) is 0. The van der Waals surface area contributed by atoms with Gasteiger partial charge in [0.25, 0.3) is 0 Å². The maximum atomic E-state index is 9.85. The second-order valence-electron chi connectivity index (χ2n) is 10.5. The van der Waals surface area contributed by atoms with Crippen molar-refractivity contribution in [2.75, 3.05) is 0 Å². The van der Waals surface area contributed by atoms with Gasteiger partial charge in [0, 0.05) is 21.8 Å². The van der Waals surface area contributed by atoms with Gasteiger partial charge < -0.3 is 4.57 Å². The van der Waals surface area contributed by atoms with Crippen LogP contribution in [0.3, 0.4) is 0 Å². The molecule has 9 aromatic rings. The zero-order chi connectivity index (χ0) is 25.7. The molecule has 1 heterocycles. The van der Waals surface area contributed by atoms with Crippen molar-refractivity contribution >= 4 is 64.9 Å². The number of rotatable bonds is 2. The van der Waals surface area contributed by atoms with Crippen LogP contribution >= 0.6 is 0 Å². The molecule has 0 spiro atoms. The monoisotopic (exact) mass is 492 g/mol. The Balaban J connectivity index is 1.44. The number of aromatic nitrogens is 1. The van der Waals surface area contributed by atoms with Crippen LogP contribution in [0.2, 0.25) is 0 Å². The molecule has 0 unspecified atom stereocenters. The molecule has 0 amide bonds. The summed E-state index contributed by atoms with van der Waals surface area (Å²) in [6.45, 7) is 0. The summed E-state index contributed by atoms with van der Waals surface area (Å²) in [6.07, 6.45) is 0. The van der Waals surface area contributed by atoms with Gasteiger partial charge in [-0.05, 0) is 85.2 Å². The minimum Gasteiger partial charge on any atom is -0.309 e. The van der Waals surface area contributed by atoms with Crippen molar-refractivity contribution < 1.29 is 0 Å². The lowest BCUT2D eigenvalue weighted by Gasteiger charge is -2.15. The Morgan fingerprint density at radius 3 is 2.03 bits per heavy atom. The van der Waals surface area contributed by atoms with Crippen LogP contribution in [0.5, 0.6) is 0 Å². The molecule has 0 fully saturated rings. The van der Waals surface area contributed by atoms with Crippen LogP contribution in [-0.4, -0.2) is 4.57 Å². The van der Waals surface area contributed by atoms with Crippen molar-refractivity contribution in [1.29, 1.82) is 5.26 Å². The zero-order valence-corrected chi connectivity index (χ0v) is 20.9. The average molecular weight is 493 g/mol. The van der Waals surface area contributed by atoms with E-state index < -0.39 is 0 Å². The maximum Gasteiger partial charge on any atom is 0.0998 e. The van der Waals surface area contributed by atoms with Crippen LogP contribution in [0, 0.1) is 11.3 Å². The van der Waals surface area contributed by atoms with E-state index in [9.17, 15) is 5.26 Å². The minimum absolute atomic E-state index is 0.715. The summed E-state index contributed by atoms with van der Waals surface area (Å²) in [5, 5.41) is 22.2. The van der Waals surface area contributed by atoms with E-state index >= 15 is 0 Å². The highest BCUT2D eigenvalue weighted by atomic mass is 15.0. The van der Waals surface area contributed by atoms with Gasteiger partial charge >= 0.3 is 0 Å². The van der Waals surface area contributed by atoms with Crippen LogP contribution in [0.4, 0.5) is 0 Å². The van der Waals surface area contributed by atoms with Gasteiger partial charge in [-0.1, -0.05) is 84.9 Å². The van der Waals surface area contributed by atoms with Gasteiger partial charge in [0.15, 0.2) is 0 Å². The lowest BCUT2D eigenvalue weighted by atomic mass is 9.89. The summed E-state index contributed by atoms with van der Waals surface area (Å²) in [5.41, 5.74) is 6.56. The first-order valence-electron chi connectivity index (χ1n) is 13.3. The number of para-hydroxylation sites is 1. The Morgan fingerprint density at radius 2 is 1.21 bits per heavy atom. The molecule has 0 aliphatic carbocycles. The zero-order valence-electron chi connectivity index (χ0n) is 20.9. The third-order valence-electron chi connectivity index (χ3n) is 8.51. The molecule has 0 saturated heterocycles. The normalized spacial score (nSPS) is 12.1. The molecule has 0 atom stereocenters. The Labute approximate surface area is 224 Å². The van der Waals surface area contributed by atoms with Crippen LogP contribution in [0.15, 0.2) is 121 Å². The molecule has 0 radical (unpaired) electrons. The third kappa shape index (κ3) is 2.64. The first-order chi connectivity index (χ1) is 19.3. The van der Waals surface area contributed by atoms with Crippen molar-refractivity contribution in [3.05, 3.63) is 127 Å². The number of nitriles is 1. The molecule has 2 nitrogen and oxygen atoms in total. The molecule has 0 aliphatic rings. The number of nitrogens with zero attached hydrogens (tertiary/aromatic N) is 2. The van der Waals surface area contributed by atoms with Crippen molar-refractivity contribution in [2.45, 2.75) is 0 Å². The van der Waals surface area contributed by atoms with Gasteiger partial charge in [-0.15, -0.1) is 0 Å². The van der Waals surface area contributed by atoms with Crippen LogP contribution in [0.25, 0.3) is 81.7 Å². The molecule has 8 aromatic carbocycles. The summed E-state index contributed by atoms with van der Waals surface area (Å²) in [7, 11) is 0.